The third kappa shape index (κ3) is 4.26. The first-order valence-corrected chi connectivity index (χ1v) is 7.42. The number of nitrogens with one attached hydrogen (secondary N) is 2. The van der Waals surface area contributed by atoms with Gasteiger partial charge in [0.25, 0.3) is 11.6 Å². The maximum Gasteiger partial charge on any atom is 0.282 e. The molecule has 2 aromatic carbocycles. The molecule has 0 saturated carbocycles. The normalized spacial score (nSPS) is 9.92. The van der Waals surface area contributed by atoms with Gasteiger partial charge in [-0.2, -0.15) is 0 Å². The average Bonchev–Trinajstić information content (AvgIpc) is 2.55. The molecule has 0 aromatic heterocycles. The second-order valence-corrected chi connectivity index (χ2v) is 5.53. The number of para-hydroxylation sites is 1. The highest BCUT2D eigenvalue weighted by Gasteiger charge is 2.19. The number of hydrogen-bond acceptors (Lipinski definition) is 5. The second kappa shape index (κ2) is 7.51. The number of rotatable bonds is 4. The van der Waals surface area contributed by atoms with E-state index in [1.165, 1.54) is 18.2 Å². The van der Waals surface area contributed by atoms with Gasteiger partial charge in [-0.05, 0) is 42.5 Å². The SMILES string of the molecule is CN(C)c1ccc(NC(=S)NC(=O)c2ccccc2[N+](=O)[O-])cc1. The molecule has 0 atom stereocenters. The van der Waals surface area contributed by atoms with Crippen molar-refractivity contribution in [2.45, 2.75) is 0 Å². The Kier molecular flexibility index (Phi) is 5.43. The molecule has 2 rings (SSSR count). The summed E-state index contributed by atoms with van der Waals surface area (Å²) >= 11 is 5.08. The molecule has 0 aliphatic rings. The van der Waals surface area contributed by atoms with Crippen molar-refractivity contribution in [3.05, 3.63) is 64.2 Å². The lowest BCUT2D eigenvalue weighted by atomic mass is 10.1. The van der Waals surface area contributed by atoms with E-state index in [0.717, 1.165) is 5.69 Å². The van der Waals surface area contributed by atoms with Gasteiger partial charge in [0.05, 0.1) is 4.92 Å². The lowest BCUT2D eigenvalue weighted by molar-refractivity contribution is -0.385. The number of benzene rings is 2. The number of hydrogen-bond donors (Lipinski definition) is 2. The third-order valence-electron chi connectivity index (χ3n) is 3.21. The van der Waals surface area contributed by atoms with Crippen LogP contribution in [-0.2, 0) is 0 Å². The maximum absolute atomic E-state index is 12.2. The van der Waals surface area contributed by atoms with E-state index >= 15 is 0 Å². The minimum absolute atomic E-state index is 0.0467. The van der Waals surface area contributed by atoms with Crippen LogP contribution >= 0.6 is 12.2 Å². The summed E-state index contributed by atoms with van der Waals surface area (Å²) in [6, 6.07) is 13.1. The van der Waals surface area contributed by atoms with E-state index in [0.29, 0.717) is 5.69 Å². The zero-order chi connectivity index (χ0) is 17.7. The highest BCUT2D eigenvalue weighted by atomic mass is 32.1. The number of nitro benzene ring substituents is 1. The van der Waals surface area contributed by atoms with E-state index in [-0.39, 0.29) is 16.4 Å². The molecule has 7 nitrogen and oxygen atoms in total. The summed E-state index contributed by atoms with van der Waals surface area (Å²) in [4.78, 5) is 24.5. The van der Waals surface area contributed by atoms with E-state index in [1.807, 2.05) is 43.3 Å². The summed E-state index contributed by atoms with van der Waals surface area (Å²) in [5, 5.41) is 16.3. The number of anilines is 2. The van der Waals surface area contributed by atoms with Crippen LogP contribution in [0, 0.1) is 10.1 Å². The molecule has 0 bridgehead atoms. The van der Waals surface area contributed by atoms with Gasteiger partial charge in [0, 0.05) is 31.5 Å². The van der Waals surface area contributed by atoms with Crippen LogP contribution in [0.15, 0.2) is 48.5 Å². The van der Waals surface area contributed by atoms with Gasteiger partial charge in [-0.1, -0.05) is 12.1 Å². The Balaban J connectivity index is 2.04. The van der Waals surface area contributed by atoms with Crippen LogP contribution in [0.5, 0.6) is 0 Å². The molecule has 8 heteroatoms. The zero-order valence-corrected chi connectivity index (χ0v) is 14.0. The highest BCUT2D eigenvalue weighted by Crippen LogP contribution is 2.18. The van der Waals surface area contributed by atoms with Crippen molar-refractivity contribution < 1.29 is 9.72 Å². The van der Waals surface area contributed by atoms with Crippen molar-refractivity contribution in [1.82, 2.24) is 5.32 Å². The van der Waals surface area contributed by atoms with Crippen LogP contribution in [-0.4, -0.2) is 30.0 Å². The maximum atomic E-state index is 12.2. The topological polar surface area (TPSA) is 87.5 Å². The van der Waals surface area contributed by atoms with Gasteiger partial charge in [-0.3, -0.25) is 20.2 Å². The van der Waals surface area contributed by atoms with Crippen LogP contribution in [0.25, 0.3) is 0 Å². The summed E-state index contributed by atoms with van der Waals surface area (Å²) in [7, 11) is 3.86. The molecule has 0 aliphatic heterocycles. The average molecular weight is 344 g/mol. The van der Waals surface area contributed by atoms with Crippen LogP contribution < -0.4 is 15.5 Å². The van der Waals surface area contributed by atoms with Gasteiger partial charge >= 0.3 is 0 Å². The Labute approximate surface area is 144 Å². The quantitative estimate of drug-likeness (QED) is 0.504. The molecular weight excluding hydrogens is 328 g/mol. The number of carbonyl (C=O) groups is 1. The van der Waals surface area contributed by atoms with E-state index in [4.69, 9.17) is 12.2 Å². The van der Waals surface area contributed by atoms with Gasteiger partial charge < -0.3 is 10.2 Å². The molecule has 124 valence electrons. The molecule has 1 amide bonds. The van der Waals surface area contributed by atoms with Gasteiger partial charge in [-0.15, -0.1) is 0 Å². The van der Waals surface area contributed by atoms with E-state index in [9.17, 15) is 14.9 Å². The first-order chi connectivity index (χ1) is 11.4. The Morgan fingerprint density at radius 2 is 1.75 bits per heavy atom. The Hall–Kier alpha value is -3.00. The largest absolute Gasteiger partial charge is 0.378 e. The molecular formula is C16H16N4O3S. The van der Waals surface area contributed by atoms with Crippen LogP contribution in [0.1, 0.15) is 10.4 Å². The summed E-state index contributed by atoms with van der Waals surface area (Å²) in [6.45, 7) is 0. The van der Waals surface area contributed by atoms with E-state index < -0.39 is 10.8 Å². The van der Waals surface area contributed by atoms with E-state index in [2.05, 4.69) is 10.6 Å². The summed E-state index contributed by atoms with van der Waals surface area (Å²) in [5.41, 5.74) is 1.41. The summed E-state index contributed by atoms with van der Waals surface area (Å²) < 4.78 is 0. The predicted octanol–water partition coefficient (Wildman–Crippen LogP) is 2.79. The molecule has 0 saturated heterocycles. The summed E-state index contributed by atoms with van der Waals surface area (Å²) in [5.74, 6) is -0.635. The zero-order valence-electron chi connectivity index (χ0n) is 13.1. The highest BCUT2D eigenvalue weighted by molar-refractivity contribution is 7.80. The fourth-order valence-corrected chi connectivity index (χ4v) is 2.21. The number of nitro groups is 1. The first kappa shape index (κ1) is 17.4. The Morgan fingerprint density at radius 3 is 2.33 bits per heavy atom. The van der Waals surface area contributed by atoms with Gasteiger partial charge in [0.15, 0.2) is 5.11 Å². The number of amides is 1. The van der Waals surface area contributed by atoms with Crippen molar-refractivity contribution in [1.29, 1.82) is 0 Å². The third-order valence-corrected chi connectivity index (χ3v) is 3.42. The molecule has 2 aromatic rings. The van der Waals surface area contributed by atoms with Crippen molar-refractivity contribution in [2.24, 2.45) is 0 Å². The van der Waals surface area contributed by atoms with Gasteiger partial charge in [0.2, 0.25) is 0 Å². The molecule has 0 unspecified atom stereocenters. The van der Waals surface area contributed by atoms with E-state index in [1.54, 1.807) is 6.07 Å². The molecule has 24 heavy (non-hydrogen) atoms. The standard InChI is InChI=1S/C16H16N4O3S/c1-19(2)12-9-7-11(8-10-12)17-16(24)18-15(21)13-5-3-4-6-14(13)20(22)23/h3-10H,1-2H3,(H2,17,18,21,24). The molecule has 0 radical (unpaired) electrons. The first-order valence-electron chi connectivity index (χ1n) is 7.01. The number of thiocarbonyl (C=S) groups is 1. The van der Waals surface area contributed by atoms with Crippen LogP contribution in [0.4, 0.5) is 17.1 Å². The van der Waals surface area contributed by atoms with Crippen LogP contribution in [0.2, 0.25) is 0 Å². The van der Waals surface area contributed by atoms with Crippen molar-refractivity contribution in [3.8, 4) is 0 Å². The van der Waals surface area contributed by atoms with Crippen molar-refractivity contribution in [3.63, 3.8) is 0 Å². The van der Waals surface area contributed by atoms with Gasteiger partial charge in [-0.25, -0.2) is 0 Å². The fourth-order valence-electron chi connectivity index (χ4n) is 2.00. The summed E-state index contributed by atoms with van der Waals surface area (Å²) in [6.07, 6.45) is 0. The van der Waals surface area contributed by atoms with Crippen molar-refractivity contribution in [2.75, 3.05) is 24.3 Å². The smallest absolute Gasteiger partial charge is 0.282 e. The van der Waals surface area contributed by atoms with Crippen LogP contribution in [0.3, 0.4) is 0 Å². The number of carbonyl (C=O) groups excluding carboxylic acids is 1. The van der Waals surface area contributed by atoms with Gasteiger partial charge in [0.1, 0.15) is 5.56 Å². The Bertz CT molecular complexity index is 775. The minimum atomic E-state index is -0.635. The molecule has 0 spiro atoms. The van der Waals surface area contributed by atoms with Crippen molar-refractivity contribution >= 4 is 40.3 Å². The number of nitrogens with zero attached hydrogens (tertiary/aromatic N) is 2. The molecule has 0 aliphatic carbocycles. The minimum Gasteiger partial charge on any atom is -0.378 e. The predicted molar refractivity (Wildman–Crippen MR) is 97.6 cm³/mol. The monoisotopic (exact) mass is 344 g/mol. The second-order valence-electron chi connectivity index (χ2n) is 5.12. The molecule has 0 fully saturated rings. The fraction of sp³-hybridized carbons (Fsp3) is 0.125. The molecule has 2 N–H and O–H groups in total. The Morgan fingerprint density at radius 1 is 1.12 bits per heavy atom. The lowest BCUT2D eigenvalue weighted by Gasteiger charge is -2.14. The lowest BCUT2D eigenvalue weighted by Crippen LogP contribution is -2.34. The molecule has 0 heterocycles.